The van der Waals surface area contributed by atoms with E-state index in [1.54, 1.807) is 0 Å². The second kappa shape index (κ2) is 13.0. The van der Waals surface area contributed by atoms with Crippen LogP contribution in [-0.2, 0) is 27.7 Å². The van der Waals surface area contributed by atoms with E-state index in [0.717, 1.165) is 21.9 Å². The number of imidazole rings is 1. The highest BCUT2D eigenvalue weighted by molar-refractivity contribution is 7.47. The lowest BCUT2D eigenvalue weighted by Crippen LogP contribution is -2.36. The molecule has 6 rings (SSSR count). The largest absolute Gasteiger partial charge is 0.472 e. The predicted molar refractivity (Wildman–Crippen MR) is 143 cm³/mol. The smallest absolute Gasteiger partial charge is 0.394 e. The fourth-order valence-electron chi connectivity index (χ4n) is 4.71. The summed E-state index contributed by atoms with van der Waals surface area (Å²) in [5.74, 6) is -0.238. The van der Waals surface area contributed by atoms with Crippen molar-refractivity contribution >= 4 is 50.6 Å². The van der Waals surface area contributed by atoms with E-state index >= 15 is 0 Å². The van der Waals surface area contributed by atoms with Crippen LogP contribution < -0.4 is 17.0 Å². The van der Waals surface area contributed by atoms with Gasteiger partial charge >= 0.3 is 16.5 Å². The second-order valence-electron chi connectivity index (χ2n) is 9.44. The lowest BCUT2D eigenvalue weighted by atomic mass is 10.1. The number of ether oxygens (including phenoxy) is 2. The number of hydrogen-bond acceptors (Lipinski definition) is 19. The molecule has 0 spiro atoms. The van der Waals surface area contributed by atoms with Crippen LogP contribution >= 0.6 is 16.5 Å². The minimum Gasteiger partial charge on any atom is -0.394 e. The lowest BCUT2D eigenvalue weighted by molar-refractivity contribution is -0.0650. The Morgan fingerprint density at radius 1 is 1.04 bits per heavy atom. The van der Waals surface area contributed by atoms with Gasteiger partial charge in [-0.05, 0) is 0 Å². The molecule has 6 heterocycles. The molecule has 2 fully saturated rings. The van der Waals surface area contributed by atoms with E-state index in [1.165, 1.54) is 0 Å². The number of nitrogens with one attached hydrogen (secondary N) is 1. The molecule has 244 valence electrons. The van der Waals surface area contributed by atoms with Gasteiger partial charge in [-0.15, -0.1) is 5.10 Å². The number of fused-ring (bicyclic) bond motifs is 2. The van der Waals surface area contributed by atoms with Crippen molar-refractivity contribution in [3.05, 3.63) is 23.0 Å². The van der Waals surface area contributed by atoms with Crippen LogP contribution in [0.3, 0.4) is 0 Å². The molecular formula is C19H25N11O13P2. The summed E-state index contributed by atoms with van der Waals surface area (Å²) in [5, 5.41) is 49.1. The van der Waals surface area contributed by atoms with Gasteiger partial charge < -0.3 is 51.2 Å². The Hall–Kier alpha value is -3.64. The standard InChI is InChI=1S/C19H24N11O11P.HO2P/c20-13-7-14(23-3-22-13)30(28-27-7)17-11(34)9(32)6(40-17)2-38-42(36,37)41-12-10(33)5(1-31)39-18(12)29-4-24-8-15(29)25-19(21)26-16(8)35;1-3-2/h3-6,9-12,17-18,31-34H,1-2H2,(H,36,37)(H2,20,22,23)(H3,21,25,26,35);(H,1,2)/t5-,6-,9-,10-,11-,12-,17-,18-;/m1./s1. The number of aromatic nitrogens is 9. The third-order valence-electron chi connectivity index (χ3n) is 6.74. The van der Waals surface area contributed by atoms with Gasteiger partial charge in [0, 0.05) is 0 Å². The molecule has 4 aromatic heterocycles. The summed E-state index contributed by atoms with van der Waals surface area (Å²) in [7, 11) is -5.91. The highest BCUT2D eigenvalue weighted by atomic mass is 31.2. The Balaban J connectivity index is 0.00000128. The summed E-state index contributed by atoms with van der Waals surface area (Å²) in [6.45, 7) is -1.47. The number of phosphoric ester groups is 1. The number of aromatic amines is 1. The topological polar surface area (TPSA) is 365 Å². The molecule has 0 aliphatic carbocycles. The van der Waals surface area contributed by atoms with Crippen LogP contribution in [0.4, 0.5) is 11.8 Å². The maximum absolute atomic E-state index is 13.0. The summed E-state index contributed by atoms with van der Waals surface area (Å²) >= 11 is 0. The fourth-order valence-corrected chi connectivity index (χ4v) is 5.64. The van der Waals surface area contributed by atoms with E-state index in [1.807, 2.05) is 0 Å². The number of nitrogens with two attached hydrogens (primary N) is 2. The van der Waals surface area contributed by atoms with Crippen LogP contribution in [-0.4, -0.2) is 125 Å². The van der Waals surface area contributed by atoms with Crippen LogP contribution in [0, 0.1) is 0 Å². The molecule has 0 amide bonds. The first kappa shape index (κ1) is 32.7. The molecule has 2 aliphatic heterocycles. The van der Waals surface area contributed by atoms with Crippen molar-refractivity contribution in [2.24, 2.45) is 0 Å². The van der Waals surface area contributed by atoms with Gasteiger partial charge in [0.15, 0.2) is 40.6 Å². The summed E-state index contributed by atoms with van der Waals surface area (Å²) in [6.07, 6.45) is -9.66. The van der Waals surface area contributed by atoms with E-state index < -0.39 is 84.4 Å². The van der Waals surface area contributed by atoms with Crippen molar-refractivity contribution in [3.63, 3.8) is 0 Å². The van der Waals surface area contributed by atoms with Gasteiger partial charge in [-0.2, -0.15) is 9.67 Å². The molecule has 26 heteroatoms. The number of aliphatic hydroxyl groups excluding tert-OH is 4. The van der Waals surface area contributed by atoms with Crippen molar-refractivity contribution < 1.29 is 57.9 Å². The van der Waals surface area contributed by atoms with Crippen LogP contribution in [0.25, 0.3) is 22.3 Å². The number of phosphoric acid groups is 1. The molecule has 4 aromatic rings. The van der Waals surface area contributed by atoms with Crippen molar-refractivity contribution in [2.75, 3.05) is 24.7 Å². The molecular weight excluding hydrogens is 652 g/mol. The number of nitrogen functional groups attached to an aromatic ring is 2. The molecule has 24 nitrogen and oxygen atoms in total. The number of aliphatic hydroxyl groups is 4. The maximum atomic E-state index is 13.0. The molecule has 0 aromatic carbocycles. The summed E-state index contributed by atoms with van der Waals surface area (Å²) < 4.78 is 45.1. The Labute approximate surface area is 250 Å². The van der Waals surface area contributed by atoms with Crippen molar-refractivity contribution in [1.82, 2.24) is 44.5 Å². The maximum Gasteiger partial charge on any atom is 0.472 e. The fraction of sp³-hybridized carbons (Fsp3) is 0.526. The Kier molecular flexibility index (Phi) is 9.46. The highest BCUT2D eigenvalue weighted by Crippen LogP contribution is 2.50. The first-order valence-corrected chi connectivity index (χ1v) is 14.8. The molecule has 0 radical (unpaired) electrons. The number of H-pyrrole nitrogens is 1. The Bertz CT molecular complexity index is 1790. The molecule has 45 heavy (non-hydrogen) atoms. The molecule has 1 unspecified atom stereocenters. The Morgan fingerprint density at radius 2 is 1.76 bits per heavy atom. The zero-order valence-corrected chi connectivity index (χ0v) is 24.1. The van der Waals surface area contributed by atoms with Gasteiger partial charge in [-0.3, -0.25) is 23.4 Å². The average molecular weight is 677 g/mol. The van der Waals surface area contributed by atoms with Crippen LogP contribution in [0.15, 0.2) is 17.4 Å². The average Bonchev–Trinajstić information content (AvgIpc) is 3.74. The van der Waals surface area contributed by atoms with E-state index in [0.29, 0.717) is 0 Å². The van der Waals surface area contributed by atoms with E-state index in [2.05, 4.69) is 35.2 Å². The van der Waals surface area contributed by atoms with E-state index in [-0.39, 0.29) is 34.1 Å². The van der Waals surface area contributed by atoms with Crippen LogP contribution in [0.2, 0.25) is 0 Å². The van der Waals surface area contributed by atoms with Crippen molar-refractivity contribution in [1.29, 1.82) is 0 Å². The monoisotopic (exact) mass is 677 g/mol. The number of hydrogen-bond donors (Lipinski definition) is 9. The van der Waals surface area contributed by atoms with Gasteiger partial charge in [0.25, 0.3) is 5.56 Å². The molecule has 11 N–H and O–H groups in total. The van der Waals surface area contributed by atoms with Gasteiger partial charge in [-0.1, -0.05) is 5.21 Å². The summed E-state index contributed by atoms with van der Waals surface area (Å²) in [5.41, 5.74) is 10.7. The van der Waals surface area contributed by atoms with Crippen molar-refractivity contribution in [3.8, 4) is 0 Å². The second-order valence-corrected chi connectivity index (χ2v) is 11.0. The van der Waals surface area contributed by atoms with E-state index in [9.17, 15) is 34.7 Å². The first-order valence-electron chi connectivity index (χ1n) is 12.5. The first-order chi connectivity index (χ1) is 21.4. The Morgan fingerprint density at radius 3 is 2.47 bits per heavy atom. The SMILES string of the molecule is Nc1nc2c(ncn2[C@@H]2O[C@H](CO)[C@@H](O)[C@H]2OP(=O)(O)OC[C@H]2O[C@@H](n3nnc4c(N)ncnc43)[C@H](O)[C@@H]2O)c(=O)[nH]1.O=PO. The molecule has 9 atom stereocenters. The van der Waals surface area contributed by atoms with Gasteiger partial charge in [0.1, 0.15) is 43.0 Å². The van der Waals surface area contributed by atoms with Crippen LogP contribution in [0.1, 0.15) is 12.5 Å². The molecule has 0 bridgehead atoms. The number of nitrogens with zero attached hydrogens (tertiary/aromatic N) is 8. The minimum absolute atomic E-state index is 0.0205. The van der Waals surface area contributed by atoms with Crippen molar-refractivity contribution in [2.45, 2.75) is 49.1 Å². The third-order valence-corrected chi connectivity index (χ3v) is 7.73. The molecule has 0 saturated carbocycles. The number of rotatable bonds is 8. The predicted octanol–water partition coefficient (Wildman–Crippen LogP) is -3.92. The normalized spacial score (nSPS) is 29.6. The van der Waals surface area contributed by atoms with Gasteiger partial charge in [-0.25, -0.2) is 24.1 Å². The lowest BCUT2D eigenvalue weighted by Gasteiger charge is -2.24. The van der Waals surface area contributed by atoms with Crippen LogP contribution in [0.5, 0.6) is 0 Å². The third kappa shape index (κ3) is 6.27. The van der Waals surface area contributed by atoms with Gasteiger partial charge in [0.2, 0.25) is 5.95 Å². The highest BCUT2D eigenvalue weighted by Gasteiger charge is 2.50. The zero-order chi connectivity index (χ0) is 32.6. The molecule has 2 aliphatic rings. The summed E-state index contributed by atoms with van der Waals surface area (Å²) in [6, 6.07) is 0. The minimum atomic E-state index is -5.07. The van der Waals surface area contributed by atoms with E-state index in [4.69, 9.17) is 39.4 Å². The number of anilines is 2. The quantitative estimate of drug-likeness (QED) is 0.0804. The van der Waals surface area contributed by atoms with Gasteiger partial charge in [0.05, 0.1) is 19.5 Å². The zero-order valence-electron chi connectivity index (χ0n) is 22.4. The molecule has 2 saturated heterocycles. The summed E-state index contributed by atoms with van der Waals surface area (Å²) in [4.78, 5) is 47.6.